The number of carbonyl (C=O) groups is 1. The quantitative estimate of drug-likeness (QED) is 0.688. The summed E-state index contributed by atoms with van der Waals surface area (Å²) < 4.78 is 0. The Bertz CT molecular complexity index is 212. The van der Waals surface area contributed by atoms with E-state index < -0.39 is 0 Å². The Hall–Kier alpha value is -0.640. The van der Waals surface area contributed by atoms with Gasteiger partial charge in [0.05, 0.1) is 0 Å². The number of thiocarbonyl (C=S) groups is 1. The Kier molecular flexibility index (Phi) is 4.87. The lowest BCUT2D eigenvalue weighted by Gasteiger charge is -2.23. The van der Waals surface area contributed by atoms with Gasteiger partial charge in [-0.3, -0.25) is 4.79 Å². The van der Waals surface area contributed by atoms with Crippen molar-refractivity contribution in [1.82, 2.24) is 10.6 Å². The first-order valence-corrected chi connectivity index (χ1v) is 5.73. The van der Waals surface area contributed by atoms with Crippen LogP contribution in [0.25, 0.3) is 0 Å². The number of hydrogen-bond acceptors (Lipinski definition) is 2. The largest absolute Gasteiger partial charge is 0.360 e. The zero-order chi connectivity index (χ0) is 10.4. The minimum atomic E-state index is -0.0155. The van der Waals surface area contributed by atoms with Gasteiger partial charge in [0.1, 0.15) is 0 Å². The van der Waals surface area contributed by atoms with Crippen LogP contribution in [0, 0.1) is 0 Å². The molecule has 3 nitrogen and oxygen atoms in total. The van der Waals surface area contributed by atoms with Crippen molar-refractivity contribution < 1.29 is 4.79 Å². The van der Waals surface area contributed by atoms with Crippen molar-refractivity contribution in [1.29, 1.82) is 0 Å². The van der Waals surface area contributed by atoms with E-state index in [0.717, 1.165) is 0 Å². The summed E-state index contributed by atoms with van der Waals surface area (Å²) in [5.74, 6) is -0.0155. The molecular formula is C10H18N2OS. The van der Waals surface area contributed by atoms with Gasteiger partial charge in [-0.1, -0.05) is 26.2 Å². The second-order valence-electron chi connectivity index (χ2n) is 3.71. The van der Waals surface area contributed by atoms with E-state index in [-0.39, 0.29) is 5.91 Å². The summed E-state index contributed by atoms with van der Waals surface area (Å²) in [5, 5.41) is 6.33. The molecule has 0 radical (unpaired) electrons. The predicted octanol–water partition coefficient (Wildman–Crippen LogP) is 1.72. The van der Waals surface area contributed by atoms with Crippen molar-refractivity contribution in [2.24, 2.45) is 0 Å². The predicted molar refractivity (Wildman–Crippen MR) is 61.0 cm³/mol. The Balaban J connectivity index is 2.21. The normalized spacial score (nSPS) is 17.5. The van der Waals surface area contributed by atoms with Crippen molar-refractivity contribution in [3.8, 4) is 0 Å². The van der Waals surface area contributed by atoms with Crippen LogP contribution in [0.1, 0.15) is 45.4 Å². The second kappa shape index (κ2) is 5.96. The molecule has 1 saturated carbocycles. The number of amides is 1. The van der Waals surface area contributed by atoms with E-state index in [4.69, 9.17) is 12.2 Å². The van der Waals surface area contributed by atoms with Gasteiger partial charge < -0.3 is 10.6 Å². The molecule has 0 aromatic rings. The molecule has 0 bridgehead atoms. The maximum absolute atomic E-state index is 11.0. The Morgan fingerprint density at radius 1 is 1.36 bits per heavy atom. The van der Waals surface area contributed by atoms with Crippen LogP contribution in [-0.4, -0.2) is 17.1 Å². The van der Waals surface area contributed by atoms with Crippen molar-refractivity contribution in [2.75, 3.05) is 0 Å². The van der Waals surface area contributed by atoms with Gasteiger partial charge in [0, 0.05) is 12.5 Å². The molecule has 0 saturated heterocycles. The van der Waals surface area contributed by atoms with Crippen molar-refractivity contribution >= 4 is 23.2 Å². The van der Waals surface area contributed by atoms with E-state index in [1.54, 1.807) is 0 Å². The first-order chi connectivity index (χ1) is 6.72. The minimum Gasteiger partial charge on any atom is -0.360 e. The van der Waals surface area contributed by atoms with E-state index in [0.29, 0.717) is 17.6 Å². The zero-order valence-electron chi connectivity index (χ0n) is 8.64. The highest BCUT2D eigenvalue weighted by Gasteiger charge is 2.14. The molecule has 1 amide bonds. The molecule has 0 atom stereocenters. The van der Waals surface area contributed by atoms with Gasteiger partial charge in [-0.15, -0.1) is 0 Å². The maximum Gasteiger partial charge on any atom is 0.225 e. The Labute approximate surface area is 90.6 Å². The van der Waals surface area contributed by atoms with Gasteiger partial charge in [0.2, 0.25) is 5.91 Å². The third-order valence-corrected chi connectivity index (χ3v) is 2.73. The summed E-state index contributed by atoms with van der Waals surface area (Å²) in [6.45, 7) is 1.82. The summed E-state index contributed by atoms with van der Waals surface area (Å²) in [5.41, 5.74) is 0. The molecule has 0 unspecified atom stereocenters. The molecular weight excluding hydrogens is 196 g/mol. The molecule has 1 rings (SSSR count). The standard InChI is InChI=1S/C10H18N2OS/c1-2-9(13)12-10(14)11-8-6-4-3-5-7-8/h8H,2-7H2,1H3,(H2,11,12,13,14). The zero-order valence-corrected chi connectivity index (χ0v) is 9.45. The highest BCUT2D eigenvalue weighted by atomic mass is 32.1. The van der Waals surface area contributed by atoms with Crippen LogP contribution in [0.4, 0.5) is 0 Å². The van der Waals surface area contributed by atoms with Crippen LogP contribution < -0.4 is 10.6 Å². The highest BCUT2D eigenvalue weighted by Crippen LogP contribution is 2.17. The van der Waals surface area contributed by atoms with Crippen molar-refractivity contribution in [3.05, 3.63) is 0 Å². The van der Waals surface area contributed by atoms with Crippen LogP contribution in [-0.2, 0) is 4.79 Å². The molecule has 1 fully saturated rings. The summed E-state index contributed by atoms with van der Waals surface area (Å²) in [6, 6.07) is 0.466. The number of nitrogens with one attached hydrogen (secondary N) is 2. The third kappa shape index (κ3) is 4.05. The van der Waals surface area contributed by atoms with Crippen LogP contribution in [0.5, 0.6) is 0 Å². The maximum atomic E-state index is 11.0. The van der Waals surface area contributed by atoms with Gasteiger partial charge in [-0.2, -0.15) is 0 Å². The molecule has 0 aromatic heterocycles. The summed E-state index contributed by atoms with van der Waals surface area (Å²) >= 11 is 5.03. The molecule has 0 spiro atoms. The average molecular weight is 214 g/mol. The molecule has 80 valence electrons. The first kappa shape index (κ1) is 11.4. The molecule has 4 heteroatoms. The van der Waals surface area contributed by atoms with E-state index in [1.807, 2.05) is 6.92 Å². The van der Waals surface area contributed by atoms with E-state index in [2.05, 4.69) is 10.6 Å². The van der Waals surface area contributed by atoms with Crippen LogP contribution >= 0.6 is 12.2 Å². The molecule has 1 aliphatic carbocycles. The number of rotatable bonds is 2. The SMILES string of the molecule is CCC(=O)NC(=S)NC1CCCCC1. The highest BCUT2D eigenvalue weighted by molar-refractivity contribution is 7.80. The average Bonchev–Trinajstić information content (AvgIpc) is 2.19. The minimum absolute atomic E-state index is 0.0155. The second-order valence-corrected chi connectivity index (χ2v) is 4.12. The Morgan fingerprint density at radius 2 is 2.00 bits per heavy atom. The fraction of sp³-hybridized carbons (Fsp3) is 0.800. The van der Waals surface area contributed by atoms with Crippen molar-refractivity contribution in [2.45, 2.75) is 51.5 Å². The van der Waals surface area contributed by atoms with Crippen LogP contribution in [0.2, 0.25) is 0 Å². The van der Waals surface area contributed by atoms with Gasteiger partial charge in [-0.25, -0.2) is 0 Å². The van der Waals surface area contributed by atoms with E-state index in [1.165, 1.54) is 32.1 Å². The van der Waals surface area contributed by atoms with E-state index in [9.17, 15) is 4.79 Å². The van der Waals surface area contributed by atoms with Gasteiger partial charge in [-0.05, 0) is 25.1 Å². The van der Waals surface area contributed by atoms with Crippen molar-refractivity contribution in [3.63, 3.8) is 0 Å². The summed E-state index contributed by atoms with van der Waals surface area (Å²) in [6.07, 6.45) is 6.67. The monoisotopic (exact) mass is 214 g/mol. The first-order valence-electron chi connectivity index (χ1n) is 5.32. The number of hydrogen-bond donors (Lipinski definition) is 2. The number of carbonyl (C=O) groups excluding carboxylic acids is 1. The topological polar surface area (TPSA) is 41.1 Å². The fourth-order valence-electron chi connectivity index (χ4n) is 1.68. The fourth-order valence-corrected chi connectivity index (χ4v) is 1.96. The molecule has 0 aromatic carbocycles. The summed E-state index contributed by atoms with van der Waals surface area (Å²) in [7, 11) is 0. The van der Waals surface area contributed by atoms with Gasteiger partial charge in [0.15, 0.2) is 5.11 Å². The molecule has 1 aliphatic rings. The van der Waals surface area contributed by atoms with E-state index >= 15 is 0 Å². The van der Waals surface area contributed by atoms with Crippen LogP contribution in [0.15, 0.2) is 0 Å². The Morgan fingerprint density at radius 3 is 2.57 bits per heavy atom. The molecule has 2 N–H and O–H groups in total. The lowest BCUT2D eigenvalue weighted by atomic mass is 9.96. The smallest absolute Gasteiger partial charge is 0.225 e. The lowest BCUT2D eigenvalue weighted by Crippen LogP contribution is -2.44. The molecule has 0 heterocycles. The van der Waals surface area contributed by atoms with Gasteiger partial charge >= 0.3 is 0 Å². The molecule has 0 aliphatic heterocycles. The van der Waals surface area contributed by atoms with Crippen LogP contribution in [0.3, 0.4) is 0 Å². The van der Waals surface area contributed by atoms with Gasteiger partial charge in [0.25, 0.3) is 0 Å². The molecule has 14 heavy (non-hydrogen) atoms. The third-order valence-electron chi connectivity index (χ3n) is 2.51. The lowest BCUT2D eigenvalue weighted by molar-refractivity contribution is -0.119. The summed E-state index contributed by atoms with van der Waals surface area (Å²) in [4.78, 5) is 11.0.